The van der Waals surface area contributed by atoms with Gasteiger partial charge in [0.15, 0.2) is 0 Å². The van der Waals surface area contributed by atoms with E-state index in [1.807, 2.05) is 0 Å². The Labute approximate surface area is 69.5 Å². The van der Waals surface area contributed by atoms with Crippen LogP contribution in [0.2, 0.25) is 0 Å². The topological polar surface area (TPSA) is 3.24 Å². The number of nitrogens with zero attached hydrogens (tertiary/aromatic N) is 1. The molecule has 2 aliphatic rings. The van der Waals surface area contributed by atoms with E-state index in [1.54, 1.807) is 0 Å². The number of likely N-dealkylation sites (tertiary alicyclic amines) is 1. The van der Waals surface area contributed by atoms with Gasteiger partial charge < -0.3 is 0 Å². The van der Waals surface area contributed by atoms with Crippen LogP contribution in [0.3, 0.4) is 0 Å². The zero-order valence-electron chi connectivity index (χ0n) is 6.93. The van der Waals surface area contributed by atoms with Gasteiger partial charge in [0.1, 0.15) is 0 Å². The lowest BCUT2D eigenvalue weighted by molar-refractivity contribution is -0.144. The standard InChI is InChI=1S/C8H12F3N/c1-5-6-2-12(3-7(5)6)4-8(9,10)11/h5-7H,2-4H2,1H3/t5?,6-,7+. The van der Waals surface area contributed by atoms with E-state index in [-0.39, 0.29) is 0 Å². The van der Waals surface area contributed by atoms with Gasteiger partial charge in [0, 0.05) is 13.1 Å². The molecule has 3 atom stereocenters. The minimum Gasteiger partial charge on any atom is -0.294 e. The van der Waals surface area contributed by atoms with E-state index in [0.29, 0.717) is 30.8 Å². The van der Waals surface area contributed by atoms with Crippen LogP contribution in [0, 0.1) is 17.8 Å². The number of rotatable bonds is 1. The zero-order valence-corrected chi connectivity index (χ0v) is 6.93. The third-order valence-electron chi connectivity index (χ3n) is 3.10. The SMILES string of the molecule is CC1[C@H]2CN(CC(F)(F)F)C[C@@H]12. The highest BCUT2D eigenvalue weighted by Gasteiger charge is 2.53. The molecule has 2 fully saturated rings. The fraction of sp³-hybridized carbons (Fsp3) is 1.00. The molecular weight excluding hydrogens is 167 g/mol. The maximum Gasteiger partial charge on any atom is 0.401 e. The molecule has 1 nitrogen and oxygen atoms in total. The van der Waals surface area contributed by atoms with Crippen LogP contribution < -0.4 is 0 Å². The van der Waals surface area contributed by atoms with Crippen LogP contribution in [0.4, 0.5) is 13.2 Å². The summed E-state index contributed by atoms with van der Waals surface area (Å²) in [6, 6.07) is 0. The third-order valence-corrected chi connectivity index (χ3v) is 3.10. The molecular formula is C8H12F3N. The quantitative estimate of drug-likeness (QED) is 0.592. The zero-order chi connectivity index (χ0) is 8.93. The summed E-state index contributed by atoms with van der Waals surface area (Å²) < 4.78 is 35.7. The normalized spacial score (nSPS) is 41.5. The second-order valence-electron chi connectivity index (χ2n) is 4.00. The fourth-order valence-corrected chi connectivity index (χ4v) is 2.29. The lowest BCUT2D eigenvalue weighted by Crippen LogP contribution is -2.34. The van der Waals surface area contributed by atoms with Crippen molar-refractivity contribution in [1.82, 2.24) is 4.90 Å². The van der Waals surface area contributed by atoms with Gasteiger partial charge in [-0.2, -0.15) is 13.2 Å². The van der Waals surface area contributed by atoms with Gasteiger partial charge in [0.25, 0.3) is 0 Å². The summed E-state index contributed by atoms with van der Waals surface area (Å²) in [7, 11) is 0. The first-order valence-corrected chi connectivity index (χ1v) is 4.26. The minimum absolute atomic E-state index is 0.562. The van der Waals surface area contributed by atoms with Crippen LogP contribution in [-0.2, 0) is 0 Å². The molecule has 0 aromatic rings. The van der Waals surface area contributed by atoms with Crippen molar-refractivity contribution in [3.63, 3.8) is 0 Å². The molecule has 0 amide bonds. The van der Waals surface area contributed by atoms with Crippen LogP contribution in [0.15, 0.2) is 0 Å². The van der Waals surface area contributed by atoms with Gasteiger partial charge in [-0.3, -0.25) is 4.90 Å². The second-order valence-corrected chi connectivity index (χ2v) is 4.00. The summed E-state index contributed by atoms with van der Waals surface area (Å²) in [6.07, 6.45) is -4.01. The molecule has 2 rings (SSSR count). The van der Waals surface area contributed by atoms with Crippen molar-refractivity contribution < 1.29 is 13.2 Å². The lowest BCUT2D eigenvalue weighted by Gasteiger charge is -2.19. The Hall–Kier alpha value is -0.250. The monoisotopic (exact) mass is 179 g/mol. The fourth-order valence-electron chi connectivity index (χ4n) is 2.29. The molecule has 1 unspecified atom stereocenters. The highest BCUT2D eigenvalue weighted by Crippen LogP contribution is 2.51. The predicted molar refractivity (Wildman–Crippen MR) is 38.6 cm³/mol. The van der Waals surface area contributed by atoms with Crippen LogP contribution in [-0.4, -0.2) is 30.7 Å². The average molecular weight is 179 g/mol. The molecule has 0 bridgehead atoms. The summed E-state index contributed by atoms with van der Waals surface area (Å²) in [4.78, 5) is 1.52. The maximum atomic E-state index is 11.9. The number of hydrogen-bond acceptors (Lipinski definition) is 1. The number of piperidine rings is 1. The number of alkyl halides is 3. The number of halogens is 3. The lowest BCUT2D eigenvalue weighted by atomic mass is 10.3. The molecule has 0 spiro atoms. The number of hydrogen-bond donors (Lipinski definition) is 0. The van der Waals surface area contributed by atoms with E-state index in [9.17, 15) is 13.2 Å². The van der Waals surface area contributed by atoms with Crippen molar-refractivity contribution >= 4 is 0 Å². The van der Waals surface area contributed by atoms with Crippen molar-refractivity contribution in [2.75, 3.05) is 19.6 Å². The Kier molecular flexibility index (Phi) is 1.65. The third kappa shape index (κ3) is 1.44. The van der Waals surface area contributed by atoms with E-state index >= 15 is 0 Å². The molecule has 1 saturated heterocycles. The van der Waals surface area contributed by atoms with Crippen molar-refractivity contribution in [2.24, 2.45) is 17.8 Å². The summed E-state index contributed by atoms with van der Waals surface area (Å²) in [5.41, 5.74) is 0. The van der Waals surface area contributed by atoms with Crippen molar-refractivity contribution in [2.45, 2.75) is 13.1 Å². The molecule has 0 aromatic carbocycles. The molecule has 4 heteroatoms. The molecule has 70 valence electrons. The predicted octanol–water partition coefficient (Wildman–Crippen LogP) is 1.75. The van der Waals surface area contributed by atoms with Gasteiger partial charge in [-0.1, -0.05) is 6.92 Å². The highest BCUT2D eigenvalue weighted by molar-refractivity contribution is 5.02. The summed E-state index contributed by atoms with van der Waals surface area (Å²) >= 11 is 0. The number of fused-ring (bicyclic) bond motifs is 1. The molecule has 1 saturated carbocycles. The molecule has 0 radical (unpaired) electrons. The summed E-state index contributed by atoms with van der Waals surface area (Å²) in [5.74, 6) is 1.80. The highest BCUT2D eigenvalue weighted by atomic mass is 19.4. The largest absolute Gasteiger partial charge is 0.401 e. The van der Waals surface area contributed by atoms with E-state index in [4.69, 9.17) is 0 Å². The first-order chi connectivity index (χ1) is 5.47. The van der Waals surface area contributed by atoms with E-state index in [2.05, 4.69) is 6.92 Å². The summed E-state index contributed by atoms with van der Waals surface area (Å²) in [6.45, 7) is 2.73. The maximum absolute atomic E-state index is 11.9. The van der Waals surface area contributed by atoms with Gasteiger partial charge in [-0.05, 0) is 17.8 Å². The Morgan fingerprint density at radius 3 is 2.17 bits per heavy atom. The van der Waals surface area contributed by atoms with Crippen LogP contribution >= 0.6 is 0 Å². The first kappa shape index (κ1) is 8.35. The van der Waals surface area contributed by atoms with Crippen LogP contribution in [0.1, 0.15) is 6.92 Å². The molecule has 0 N–H and O–H groups in total. The van der Waals surface area contributed by atoms with Crippen molar-refractivity contribution in [1.29, 1.82) is 0 Å². The van der Waals surface area contributed by atoms with Crippen molar-refractivity contribution in [3.05, 3.63) is 0 Å². The molecule has 1 aliphatic carbocycles. The van der Waals surface area contributed by atoms with Crippen LogP contribution in [0.5, 0.6) is 0 Å². The van der Waals surface area contributed by atoms with Gasteiger partial charge in [-0.25, -0.2) is 0 Å². The molecule has 1 heterocycles. The van der Waals surface area contributed by atoms with Gasteiger partial charge in [-0.15, -0.1) is 0 Å². The van der Waals surface area contributed by atoms with E-state index < -0.39 is 12.7 Å². The van der Waals surface area contributed by atoms with Gasteiger partial charge in [0.2, 0.25) is 0 Å². The van der Waals surface area contributed by atoms with E-state index in [1.165, 1.54) is 4.90 Å². The van der Waals surface area contributed by atoms with Gasteiger partial charge in [0.05, 0.1) is 6.54 Å². The Balaban J connectivity index is 1.80. The summed E-state index contributed by atoms with van der Waals surface area (Å²) in [5, 5.41) is 0. The second kappa shape index (κ2) is 2.37. The van der Waals surface area contributed by atoms with Crippen LogP contribution in [0.25, 0.3) is 0 Å². The average Bonchev–Trinajstić information content (AvgIpc) is 2.42. The Morgan fingerprint density at radius 2 is 1.75 bits per heavy atom. The van der Waals surface area contributed by atoms with Gasteiger partial charge >= 0.3 is 6.18 Å². The molecule has 0 aromatic heterocycles. The van der Waals surface area contributed by atoms with Crippen molar-refractivity contribution in [3.8, 4) is 0 Å². The molecule has 1 aliphatic heterocycles. The minimum atomic E-state index is -4.01. The molecule has 12 heavy (non-hydrogen) atoms. The Morgan fingerprint density at radius 1 is 1.25 bits per heavy atom. The first-order valence-electron chi connectivity index (χ1n) is 4.26. The Bertz CT molecular complexity index is 177. The smallest absolute Gasteiger partial charge is 0.294 e. The van der Waals surface area contributed by atoms with E-state index in [0.717, 1.165) is 0 Å².